The van der Waals surface area contributed by atoms with Gasteiger partial charge < -0.3 is 10.2 Å². The van der Waals surface area contributed by atoms with E-state index in [1.807, 2.05) is 32.8 Å². The molecule has 6 heteroatoms. The maximum Gasteiger partial charge on any atom is 0.202 e. The molecule has 16 heavy (non-hydrogen) atoms. The van der Waals surface area contributed by atoms with E-state index in [1.165, 1.54) is 0 Å². The molecule has 0 aliphatic carbocycles. The molecule has 5 nitrogen and oxygen atoms in total. The second-order valence-electron chi connectivity index (χ2n) is 4.12. The summed E-state index contributed by atoms with van der Waals surface area (Å²) in [5.74, 6) is 1.54. The molecule has 0 aromatic heterocycles. The Morgan fingerprint density at radius 1 is 1.50 bits per heavy atom. The summed E-state index contributed by atoms with van der Waals surface area (Å²) in [5.41, 5.74) is -0.329. The van der Waals surface area contributed by atoms with Gasteiger partial charge in [0.25, 0.3) is 0 Å². The van der Waals surface area contributed by atoms with Crippen molar-refractivity contribution in [3.05, 3.63) is 12.7 Å². The van der Waals surface area contributed by atoms with Gasteiger partial charge in [0, 0.05) is 14.1 Å². The number of hydrogen-bond acceptors (Lipinski definition) is 3. The monoisotopic (exact) mass is 245 g/mol. The van der Waals surface area contributed by atoms with Gasteiger partial charge in [0.1, 0.15) is 5.66 Å². The van der Waals surface area contributed by atoms with E-state index < -0.39 is 0 Å². The van der Waals surface area contributed by atoms with E-state index in [1.54, 1.807) is 6.08 Å². The van der Waals surface area contributed by atoms with E-state index in [0.29, 0.717) is 6.54 Å². The Bertz CT molecular complexity index is 306. The first-order valence-electron chi connectivity index (χ1n) is 4.92. The van der Waals surface area contributed by atoms with Crippen LogP contribution in [0.25, 0.3) is 0 Å². The highest BCUT2D eigenvalue weighted by molar-refractivity contribution is 6.00. The predicted molar refractivity (Wildman–Crippen MR) is 71.2 cm³/mol. The molecule has 0 aromatic rings. The lowest BCUT2D eigenvalue weighted by molar-refractivity contribution is 0.445. The number of rotatable bonds is 2. The maximum absolute atomic E-state index is 4.49. The van der Waals surface area contributed by atoms with Crippen molar-refractivity contribution < 1.29 is 0 Å². The molecular weight excluding hydrogens is 226 g/mol. The Morgan fingerprint density at radius 3 is 2.62 bits per heavy atom. The van der Waals surface area contributed by atoms with Gasteiger partial charge in [0.05, 0.1) is 6.54 Å². The van der Waals surface area contributed by atoms with Crippen molar-refractivity contribution >= 4 is 24.3 Å². The molecule has 0 spiro atoms. The number of hydrogen-bond donors (Lipinski definition) is 2. The molecule has 0 radical (unpaired) electrons. The van der Waals surface area contributed by atoms with Crippen molar-refractivity contribution in [3.8, 4) is 0 Å². The van der Waals surface area contributed by atoms with Crippen LogP contribution in [0.4, 0.5) is 0 Å². The molecule has 1 aliphatic rings. The molecule has 0 fully saturated rings. The van der Waals surface area contributed by atoms with Crippen LogP contribution in [0.5, 0.6) is 0 Å². The summed E-state index contributed by atoms with van der Waals surface area (Å²) in [7, 11) is 3.89. The van der Waals surface area contributed by atoms with Gasteiger partial charge in [-0.1, -0.05) is 6.08 Å². The molecule has 0 saturated heterocycles. The highest BCUT2D eigenvalue weighted by Crippen LogP contribution is 2.08. The third-order valence-corrected chi connectivity index (χ3v) is 1.84. The Morgan fingerprint density at radius 2 is 2.12 bits per heavy atom. The summed E-state index contributed by atoms with van der Waals surface area (Å²) in [5, 5.41) is 6.30. The van der Waals surface area contributed by atoms with Gasteiger partial charge in [0.2, 0.25) is 5.96 Å². The van der Waals surface area contributed by atoms with E-state index in [9.17, 15) is 0 Å². The zero-order valence-electron chi connectivity index (χ0n) is 10.2. The lowest BCUT2D eigenvalue weighted by atomic mass is 10.2. The van der Waals surface area contributed by atoms with Crippen LogP contribution in [-0.2, 0) is 0 Å². The fraction of sp³-hybridized carbons (Fsp3) is 0.600. The van der Waals surface area contributed by atoms with E-state index >= 15 is 0 Å². The number of halogens is 1. The van der Waals surface area contributed by atoms with Gasteiger partial charge >= 0.3 is 0 Å². The molecule has 0 amide bonds. The Balaban J connectivity index is 0.00000225. The minimum Gasteiger partial charge on any atom is -0.349 e. The standard InChI is InChI=1S/C10H19N5.ClH/c1-6-7-11-8-12-9(15(4)5)14-10(2,3)13-8;/h6H,1,7H2,2-5H3,(H2,11,12,13,14);1H. The number of guanidine groups is 2. The summed E-state index contributed by atoms with van der Waals surface area (Å²) in [6.45, 7) is 8.22. The zero-order valence-corrected chi connectivity index (χ0v) is 11.1. The second kappa shape index (κ2) is 5.75. The second-order valence-corrected chi connectivity index (χ2v) is 4.12. The molecular formula is C10H20ClN5. The summed E-state index contributed by atoms with van der Waals surface area (Å²) < 4.78 is 0. The fourth-order valence-corrected chi connectivity index (χ4v) is 1.19. The largest absolute Gasteiger partial charge is 0.349 e. The number of aliphatic imine (C=N–C) groups is 2. The van der Waals surface area contributed by atoms with Crippen molar-refractivity contribution in [1.29, 1.82) is 0 Å². The molecule has 0 unspecified atom stereocenters. The van der Waals surface area contributed by atoms with Crippen molar-refractivity contribution in [2.75, 3.05) is 20.6 Å². The van der Waals surface area contributed by atoms with Crippen LogP contribution in [0.15, 0.2) is 22.6 Å². The Kier molecular flexibility index (Phi) is 5.30. The van der Waals surface area contributed by atoms with Crippen LogP contribution in [0.3, 0.4) is 0 Å². The Labute approximate surface area is 103 Å². The Hall–Kier alpha value is -1.23. The first kappa shape index (κ1) is 14.8. The van der Waals surface area contributed by atoms with Crippen molar-refractivity contribution in [3.63, 3.8) is 0 Å². The quantitative estimate of drug-likeness (QED) is 0.708. The number of nitrogens with one attached hydrogen (secondary N) is 2. The molecule has 0 atom stereocenters. The molecule has 0 bridgehead atoms. The van der Waals surface area contributed by atoms with E-state index in [4.69, 9.17) is 0 Å². The summed E-state index contributed by atoms with van der Waals surface area (Å²) in [6.07, 6.45) is 1.75. The normalized spacial score (nSPS) is 20.0. The summed E-state index contributed by atoms with van der Waals surface area (Å²) >= 11 is 0. The van der Waals surface area contributed by atoms with Gasteiger partial charge in [-0.05, 0) is 13.8 Å². The van der Waals surface area contributed by atoms with Crippen LogP contribution in [-0.4, -0.2) is 43.1 Å². The van der Waals surface area contributed by atoms with E-state index in [0.717, 1.165) is 11.9 Å². The minimum absolute atomic E-state index is 0. The zero-order chi connectivity index (χ0) is 11.5. The van der Waals surface area contributed by atoms with Crippen molar-refractivity contribution in [2.45, 2.75) is 19.5 Å². The lowest BCUT2D eigenvalue weighted by Gasteiger charge is -2.33. The van der Waals surface area contributed by atoms with Gasteiger partial charge in [-0.3, -0.25) is 5.32 Å². The van der Waals surface area contributed by atoms with Crippen LogP contribution >= 0.6 is 12.4 Å². The average molecular weight is 246 g/mol. The first-order chi connectivity index (χ1) is 6.94. The molecule has 0 saturated carbocycles. The maximum atomic E-state index is 4.49. The van der Waals surface area contributed by atoms with E-state index in [2.05, 4.69) is 27.2 Å². The summed E-state index contributed by atoms with van der Waals surface area (Å²) in [4.78, 5) is 10.7. The molecule has 1 heterocycles. The van der Waals surface area contributed by atoms with Gasteiger partial charge in [-0.15, -0.1) is 19.0 Å². The van der Waals surface area contributed by atoms with Crippen LogP contribution < -0.4 is 10.6 Å². The SMILES string of the molecule is C=CCN=C1NC(N(C)C)=NC(C)(C)N1.Cl. The molecule has 1 aliphatic heterocycles. The van der Waals surface area contributed by atoms with Crippen LogP contribution in [0.1, 0.15) is 13.8 Å². The third-order valence-electron chi connectivity index (χ3n) is 1.84. The lowest BCUT2D eigenvalue weighted by Crippen LogP contribution is -2.58. The van der Waals surface area contributed by atoms with Crippen LogP contribution in [0, 0.1) is 0 Å². The fourth-order valence-electron chi connectivity index (χ4n) is 1.19. The smallest absolute Gasteiger partial charge is 0.202 e. The molecule has 2 N–H and O–H groups in total. The van der Waals surface area contributed by atoms with Gasteiger partial charge in [-0.2, -0.15) is 0 Å². The van der Waals surface area contributed by atoms with Gasteiger partial charge in [-0.25, -0.2) is 9.98 Å². The molecule has 1 rings (SSSR count). The molecule has 0 aromatic carbocycles. The van der Waals surface area contributed by atoms with Crippen molar-refractivity contribution in [1.82, 2.24) is 15.5 Å². The van der Waals surface area contributed by atoms with Gasteiger partial charge in [0.15, 0.2) is 5.96 Å². The third kappa shape index (κ3) is 4.10. The highest BCUT2D eigenvalue weighted by Gasteiger charge is 2.25. The highest BCUT2D eigenvalue weighted by atomic mass is 35.5. The number of nitrogens with zero attached hydrogens (tertiary/aromatic N) is 3. The topological polar surface area (TPSA) is 52.0 Å². The average Bonchev–Trinajstić information content (AvgIpc) is 2.12. The summed E-state index contributed by atoms with van der Waals surface area (Å²) in [6, 6.07) is 0. The molecule has 92 valence electrons. The first-order valence-corrected chi connectivity index (χ1v) is 4.92. The van der Waals surface area contributed by atoms with Crippen LogP contribution in [0.2, 0.25) is 0 Å². The minimum atomic E-state index is -0.329. The predicted octanol–water partition coefficient (Wildman–Crippen LogP) is 0.797. The van der Waals surface area contributed by atoms with E-state index in [-0.39, 0.29) is 18.1 Å². The van der Waals surface area contributed by atoms with Crippen molar-refractivity contribution in [2.24, 2.45) is 9.98 Å².